The molecule has 0 saturated carbocycles. The second kappa shape index (κ2) is 8.00. The maximum Gasteiger partial charge on any atom is 0.416 e. The number of hydrogen-bond acceptors (Lipinski definition) is 3. The Balaban J connectivity index is 1.81. The minimum atomic E-state index is -4.43. The predicted molar refractivity (Wildman–Crippen MR) is 102 cm³/mol. The third-order valence-electron chi connectivity index (χ3n) is 3.84. The van der Waals surface area contributed by atoms with Crippen molar-refractivity contribution in [3.8, 4) is 11.6 Å². The Morgan fingerprint density at radius 3 is 2.44 bits per heavy atom. The summed E-state index contributed by atoms with van der Waals surface area (Å²) in [6.45, 7) is 0.667. The summed E-state index contributed by atoms with van der Waals surface area (Å²) in [4.78, 5) is 6.20. The average Bonchev–Trinajstić information content (AvgIpc) is 2.61. The minimum absolute atomic E-state index is 0.0760. The van der Waals surface area contributed by atoms with Gasteiger partial charge in [-0.3, -0.25) is 0 Å². The van der Waals surface area contributed by atoms with E-state index in [4.69, 9.17) is 4.74 Å². The van der Waals surface area contributed by atoms with Gasteiger partial charge in [0.2, 0.25) is 5.88 Å². The van der Waals surface area contributed by atoms with Gasteiger partial charge in [0, 0.05) is 25.3 Å². The number of anilines is 1. The molecule has 0 N–H and O–H groups in total. The lowest BCUT2D eigenvalue weighted by atomic mass is 10.2. The summed E-state index contributed by atoms with van der Waals surface area (Å²) in [5.74, 6) is 0.283. The van der Waals surface area contributed by atoms with Gasteiger partial charge in [-0.25, -0.2) is 4.98 Å². The number of halogens is 4. The number of rotatable bonds is 5. The summed E-state index contributed by atoms with van der Waals surface area (Å²) in [6, 6.07) is 18.2. The van der Waals surface area contributed by atoms with Gasteiger partial charge in [-0.05, 0) is 45.8 Å². The van der Waals surface area contributed by atoms with E-state index in [1.807, 2.05) is 48.3 Å². The molecule has 0 spiro atoms. The van der Waals surface area contributed by atoms with Crippen LogP contribution in [0.2, 0.25) is 0 Å². The highest BCUT2D eigenvalue weighted by Gasteiger charge is 2.30. The molecule has 0 aliphatic carbocycles. The van der Waals surface area contributed by atoms with Crippen LogP contribution in [0.5, 0.6) is 11.6 Å². The number of ether oxygens (including phenoxy) is 1. The summed E-state index contributed by atoms with van der Waals surface area (Å²) in [5, 5.41) is 0. The van der Waals surface area contributed by atoms with E-state index in [9.17, 15) is 13.2 Å². The lowest BCUT2D eigenvalue weighted by molar-refractivity contribution is -0.137. The molecule has 0 amide bonds. The average molecular weight is 437 g/mol. The van der Waals surface area contributed by atoms with Crippen LogP contribution in [-0.4, -0.2) is 12.0 Å². The van der Waals surface area contributed by atoms with E-state index in [0.29, 0.717) is 11.1 Å². The molecule has 0 atom stereocenters. The van der Waals surface area contributed by atoms with Crippen molar-refractivity contribution in [2.24, 2.45) is 0 Å². The number of nitrogens with zero attached hydrogens (tertiary/aromatic N) is 2. The van der Waals surface area contributed by atoms with Crippen molar-refractivity contribution in [1.82, 2.24) is 4.98 Å². The van der Waals surface area contributed by atoms with Crippen molar-refractivity contribution in [2.75, 3.05) is 11.9 Å². The second-order valence-corrected chi connectivity index (χ2v) is 6.77. The molecule has 3 nitrogen and oxygen atoms in total. The van der Waals surface area contributed by atoms with Gasteiger partial charge < -0.3 is 9.64 Å². The monoisotopic (exact) mass is 436 g/mol. The lowest BCUT2D eigenvalue weighted by Crippen LogP contribution is -2.16. The summed E-state index contributed by atoms with van der Waals surface area (Å²) >= 11 is 3.33. The molecule has 0 aliphatic rings. The van der Waals surface area contributed by atoms with E-state index >= 15 is 0 Å². The lowest BCUT2D eigenvalue weighted by Gasteiger charge is -2.20. The zero-order valence-corrected chi connectivity index (χ0v) is 16.0. The van der Waals surface area contributed by atoms with Crippen LogP contribution >= 0.6 is 15.9 Å². The van der Waals surface area contributed by atoms with Gasteiger partial charge in [-0.1, -0.05) is 36.4 Å². The zero-order valence-electron chi connectivity index (χ0n) is 14.4. The molecule has 3 rings (SSSR count). The molecular formula is C20H16BrF3N2O. The van der Waals surface area contributed by atoms with E-state index in [-0.39, 0.29) is 11.6 Å². The fourth-order valence-corrected chi connectivity index (χ4v) is 2.95. The smallest absolute Gasteiger partial charge is 0.416 e. The Morgan fingerprint density at radius 1 is 1.00 bits per heavy atom. The molecule has 2 aromatic carbocycles. The van der Waals surface area contributed by atoms with Gasteiger partial charge in [0.25, 0.3) is 0 Å². The topological polar surface area (TPSA) is 25.4 Å². The highest BCUT2D eigenvalue weighted by Crippen LogP contribution is 2.33. The molecule has 0 bridgehead atoms. The van der Waals surface area contributed by atoms with E-state index in [1.165, 1.54) is 12.1 Å². The third-order valence-corrected chi connectivity index (χ3v) is 4.25. The first-order valence-electron chi connectivity index (χ1n) is 8.09. The highest BCUT2D eigenvalue weighted by atomic mass is 79.9. The Kier molecular flexibility index (Phi) is 5.70. The van der Waals surface area contributed by atoms with Crippen LogP contribution in [0.4, 0.5) is 18.9 Å². The SMILES string of the molecule is CN(Cc1ccccc1)c1cc(Br)nc(Oc2cccc(C(F)(F)F)c2)c1. The van der Waals surface area contributed by atoms with Crippen molar-refractivity contribution in [2.45, 2.75) is 12.7 Å². The number of aromatic nitrogens is 1. The molecule has 1 heterocycles. The molecule has 0 aliphatic heterocycles. The normalized spacial score (nSPS) is 11.3. The van der Waals surface area contributed by atoms with Crippen molar-refractivity contribution >= 4 is 21.6 Å². The second-order valence-electron chi connectivity index (χ2n) is 5.96. The molecule has 140 valence electrons. The van der Waals surface area contributed by atoms with Crippen LogP contribution < -0.4 is 9.64 Å². The molecule has 1 aromatic heterocycles. The van der Waals surface area contributed by atoms with Gasteiger partial charge in [0.15, 0.2) is 0 Å². The quantitative estimate of drug-likeness (QED) is 0.439. The van der Waals surface area contributed by atoms with Crippen LogP contribution in [0, 0.1) is 0 Å². The summed E-state index contributed by atoms with van der Waals surface area (Å²) in [6.07, 6.45) is -4.43. The van der Waals surface area contributed by atoms with Crippen molar-refractivity contribution in [1.29, 1.82) is 0 Å². The van der Waals surface area contributed by atoms with Gasteiger partial charge >= 0.3 is 6.18 Å². The maximum absolute atomic E-state index is 12.9. The molecule has 0 unspecified atom stereocenters. The third kappa shape index (κ3) is 5.23. The number of benzene rings is 2. The first kappa shape index (κ1) is 19.2. The predicted octanol–water partition coefficient (Wildman–Crippen LogP) is 6.29. The number of hydrogen-bond donors (Lipinski definition) is 0. The Hall–Kier alpha value is -2.54. The summed E-state index contributed by atoms with van der Waals surface area (Å²) in [7, 11) is 1.92. The molecule has 0 fully saturated rings. The van der Waals surface area contributed by atoms with Crippen LogP contribution in [0.25, 0.3) is 0 Å². The Bertz CT molecular complexity index is 917. The van der Waals surface area contributed by atoms with Crippen molar-refractivity contribution < 1.29 is 17.9 Å². The molecular weight excluding hydrogens is 421 g/mol. The van der Waals surface area contributed by atoms with Crippen LogP contribution in [-0.2, 0) is 12.7 Å². The van der Waals surface area contributed by atoms with Crippen LogP contribution in [0.3, 0.4) is 0 Å². The van der Waals surface area contributed by atoms with E-state index < -0.39 is 11.7 Å². The van der Waals surface area contributed by atoms with Gasteiger partial charge in [0.05, 0.1) is 5.56 Å². The van der Waals surface area contributed by atoms with Crippen LogP contribution in [0.15, 0.2) is 71.3 Å². The first-order chi connectivity index (χ1) is 12.8. The van der Waals surface area contributed by atoms with E-state index in [2.05, 4.69) is 20.9 Å². The fraction of sp³-hybridized carbons (Fsp3) is 0.150. The first-order valence-corrected chi connectivity index (χ1v) is 8.88. The molecule has 7 heteroatoms. The number of pyridine rings is 1. The largest absolute Gasteiger partial charge is 0.439 e. The van der Waals surface area contributed by atoms with Crippen molar-refractivity contribution in [3.05, 3.63) is 82.5 Å². The molecule has 3 aromatic rings. The zero-order chi connectivity index (χ0) is 19.4. The fourth-order valence-electron chi connectivity index (χ4n) is 2.54. The van der Waals surface area contributed by atoms with Crippen molar-refractivity contribution in [3.63, 3.8) is 0 Å². The van der Waals surface area contributed by atoms with Gasteiger partial charge in [0.1, 0.15) is 10.4 Å². The molecule has 0 radical (unpaired) electrons. The van der Waals surface area contributed by atoms with Gasteiger partial charge in [-0.2, -0.15) is 13.2 Å². The van der Waals surface area contributed by atoms with E-state index in [1.54, 1.807) is 6.07 Å². The maximum atomic E-state index is 12.9. The molecule has 27 heavy (non-hydrogen) atoms. The highest BCUT2D eigenvalue weighted by molar-refractivity contribution is 9.10. The van der Waals surface area contributed by atoms with Gasteiger partial charge in [-0.15, -0.1) is 0 Å². The van der Waals surface area contributed by atoms with E-state index in [0.717, 1.165) is 23.4 Å². The van der Waals surface area contributed by atoms with Crippen LogP contribution in [0.1, 0.15) is 11.1 Å². The molecule has 0 saturated heterocycles. The summed E-state index contributed by atoms with van der Waals surface area (Å²) in [5.41, 5.74) is 1.19. The minimum Gasteiger partial charge on any atom is -0.439 e. The number of alkyl halides is 3. The summed E-state index contributed by atoms with van der Waals surface area (Å²) < 4.78 is 44.7. The Morgan fingerprint density at radius 2 is 1.74 bits per heavy atom. The Labute approximate surface area is 163 Å². The standard InChI is InChI=1S/C20H16BrF3N2O/c1-26(13-14-6-3-2-4-7-14)16-11-18(21)25-19(12-16)27-17-9-5-8-15(10-17)20(22,23)24/h2-12H,13H2,1H3.